The number of methoxy groups -OCH3 is 2. The van der Waals surface area contributed by atoms with Crippen LogP contribution >= 0.6 is 0 Å². The van der Waals surface area contributed by atoms with Gasteiger partial charge in [-0.05, 0) is 23.8 Å². The number of benzene rings is 1. The van der Waals surface area contributed by atoms with Crippen LogP contribution in [0.2, 0.25) is 0 Å². The van der Waals surface area contributed by atoms with Crippen LogP contribution in [-0.2, 0) is 6.54 Å². The number of nitrogens with zero attached hydrogens (tertiary/aromatic N) is 3. The van der Waals surface area contributed by atoms with Gasteiger partial charge < -0.3 is 20.1 Å². The van der Waals surface area contributed by atoms with Gasteiger partial charge in [0, 0.05) is 37.4 Å². The first-order chi connectivity index (χ1) is 13.2. The largest absolute Gasteiger partial charge is 0.497 e. The zero-order chi connectivity index (χ0) is 19.1. The topological polar surface area (TPSA) is 98.3 Å². The van der Waals surface area contributed by atoms with E-state index in [-0.39, 0.29) is 5.91 Å². The lowest BCUT2D eigenvalue weighted by atomic mass is 10.2. The number of carbonyl (C=O) groups excluding carboxylic acids is 1. The van der Waals surface area contributed by atoms with Gasteiger partial charge in [0.1, 0.15) is 11.5 Å². The maximum atomic E-state index is 12.2. The lowest BCUT2D eigenvalue weighted by Gasteiger charge is -2.11. The highest BCUT2D eigenvalue weighted by Crippen LogP contribution is 2.30. The van der Waals surface area contributed by atoms with E-state index in [1.165, 1.54) is 12.4 Å². The average molecular weight is 365 g/mol. The Morgan fingerprint density at radius 1 is 1.07 bits per heavy atom. The van der Waals surface area contributed by atoms with E-state index >= 15 is 0 Å². The van der Waals surface area contributed by atoms with Crippen LogP contribution < -0.4 is 20.1 Å². The average Bonchev–Trinajstić information content (AvgIpc) is 2.73. The molecule has 0 aliphatic heterocycles. The van der Waals surface area contributed by atoms with Crippen LogP contribution in [0.4, 0.5) is 11.6 Å². The number of ether oxygens (including phenoxy) is 2. The zero-order valence-corrected chi connectivity index (χ0v) is 15.0. The molecule has 2 aromatic heterocycles. The van der Waals surface area contributed by atoms with E-state index in [4.69, 9.17) is 9.47 Å². The third-order valence-corrected chi connectivity index (χ3v) is 3.75. The van der Waals surface area contributed by atoms with Gasteiger partial charge in [-0.15, -0.1) is 0 Å². The first-order valence-electron chi connectivity index (χ1n) is 8.18. The van der Waals surface area contributed by atoms with Gasteiger partial charge in [-0.3, -0.25) is 9.78 Å². The second-order valence-electron chi connectivity index (χ2n) is 5.53. The summed E-state index contributed by atoms with van der Waals surface area (Å²) in [6.45, 7) is 0.385. The Morgan fingerprint density at radius 2 is 1.89 bits per heavy atom. The van der Waals surface area contributed by atoms with Crippen molar-refractivity contribution in [1.29, 1.82) is 0 Å². The van der Waals surface area contributed by atoms with E-state index in [0.29, 0.717) is 35.2 Å². The lowest BCUT2D eigenvalue weighted by Crippen LogP contribution is -2.23. The number of anilines is 2. The minimum Gasteiger partial charge on any atom is -0.497 e. The van der Waals surface area contributed by atoms with Gasteiger partial charge in [0.25, 0.3) is 5.91 Å². The molecule has 8 heteroatoms. The zero-order valence-electron chi connectivity index (χ0n) is 15.0. The number of pyridine rings is 1. The third-order valence-electron chi connectivity index (χ3n) is 3.75. The molecule has 0 spiro atoms. The summed E-state index contributed by atoms with van der Waals surface area (Å²) in [5.74, 6) is 1.37. The molecule has 0 saturated heterocycles. The quantitative estimate of drug-likeness (QED) is 0.664. The molecule has 2 N–H and O–H groups in total. The summed E-state index contributed by atoms with van der Waals surface area (Å²) in [6, 6.07) is 9.06. The van der Waals surface area contributed by atoms with Crippen LogP contribution in [-0.4, -0.2) is 35.1 Å². The molecule has 1 aromatic carbocycles. The van der Waals surface area contributed by atoms with Gasteiger partial charge in [0.15, 0.2) is 0 Å². The van der Waals surface area contributed by atoms with Crippen LogP contribution in [0.25, 0.3) is 0 Å². The molecule has 3 rings (SSSR count). The number of carbonyl (C=O) groups is 1. The minimum absolute atomic E-state index is 0.257. The highest BCUT2D eigenvalue weighted by Gasteiger charge is 2.09. The first-order valence-corrected chi connectivity index (χ1v) is 8.18. The van der Waals surface area contributed by atoms with Gasteiger partial charge in [-0.1, -0.05) is 6.07 Å². The Labute approximate surface area is 156 Å². The molecule has 0 atom stereocenters. The molecule has 3 aromatic rings. The van der Waals surface area contributed by atoms with Crippen LogP contribution in [0.3, 0.4) is 0 Å². The van der Waals surface area contributed by atoms with Crippen LogP contribution in [0.15, 0.2) is 55.1 Å². The number of amides is 1. The highest BCUT2D eigenvalue weighted by molar-refractivity contribution is 5.93. The van der Waals surface area contributed by atoms with E-state index in [1.54, 1.807) is 44.8 Å². The molecule has 0 radical (unpaired) electrons. The fourth-order valence-corrected chi connectivity index (χ4v) is 2.32. The van der Waals surface area contributed by atoms with Gasteiger partial charge in [-0.25, -0.2) is 9.97 Å². The second-order valence-corrected chi connectivity index (χ2v) is 5.53. The van der Waals surface area contributed by atoms with Crippen molar-refractivity contribution in [2.24, 2.45) is 0 Å². The number of hydrogen-bond donors (Lipinski definition) is 2. The summed E-state index contributed by atoms with van der Waals surface area (Å²) in [6.07, 6.45) is 6.31. The van der Waals surface area contributed by atoms with Gasteiger partial charge in [-0.2, -0.15) is 0 Å². The molecule has 0 bridgehead atoms. The van der Waals surface area contributed by atoms with E-state index in [9.17, 15) is 4.79 Å². The maximum Gasteiger partial charge on any atom is 0.254 e. The number of hydrogen-bond acceptors (Lipinski definition) is 7. The van der Waals surface area contributed by atoms with Gasteiger partial charge >= 0.3 is 0 Å². The van der Waals surface area contributed by atoms with Crippen molar-refractivity contribution >= 4 is 17.5 Å². The van der Waals surface area contributed by atoms with Crippen molar-refractivity contribution in [3.05, 3.63) is 66.2 Å². The molecule has 2 heterocycles. The van der Waals surface area contributed by atoms with Crippen LogP contribution in [0.1, 0.15) is 15.9 Å². The predicted octanol–water partition coefficient (Wildman–Crippen LogP) is 2.56. The number of aromatic nitrogens is 3. The fraction of sp³-hybridized carbons (Fsp3) is 0.158. The Bertz CT molecular complexity index is 901. The van der Waals surface area contributed by atoms with Crippen LogP contribution in [0.5, 0.6) is 11.5 Å². The van der Waals surface area contributed by atoms with E-state index in [1.807, 2.05) is 12.1 Å². The smallest absolute Gasteiger partial charge is 0.254 e. The predicted molar refractivity (Wildman–Crippen MR) is 100 cm³/mol. The Morgan fingerprint density at radius 3 is 2.56 bits per heavy atom. The van der Waals surface area contributed by atoms with Crippen molar-refractivity contribution < 1.29 is 14.3 Å². The minimum atomic E-state index is -0.257. The van der Waals surface area contributed by atoms with E-state index in [0.717, 1.165) is 5.56 Å². The van der Waals surface area contributed by atoms with Crippen molar-refractivity contribution in [3.63, 3.8) is 0 Å². The Balaban J connectivity index is 1.64. The Kier molecular flexibility index (Phi) is 5.78. The summed E-state index contributed by atoms with van der Waals surface area (Å²) in [5.41, 5.74) is 1.97. The first kappa shape index (κ1) is 18.1. The normalized spacial score (nSPS) is 10.1. The summed E-state index contributed by atoms with van der Waals surface area (Å²) in [4.78, 5) is 24.6. The molecular weight excluding hydrogens is 346 g/mol. The van der Waals surface area contributed by atoms with E-state index < -0.39 is 0 Å². The standard InChI is InChI=1S/C19H19N5O3/c1-26-15-5-6-16(17(8-15)27-2)24-19-22-11-14(12-23-19)18(25)21-10-13-4-3-7-20-9-13/h3-9,11-12H,10H2,1-2H3,(H,21,25)(H,22,23,24). The summed E-state index contributed by atoms with van der Waals surface area (Å²) in [7, 11) is 3.15. The third kappa shape index (κ3) is 4.69. The monoisotopic (exact) mass is 365 g/mol. The molecule has 0 unspecified atom stereocenters. The molecule has 0 saturated carbocycles. The molecule has 0 fully saturated rings. The molecular formula is C19H19N5O3. The van der Waals surface area contributed by atoms with Crippen molar-refractivity contribution in [2.75, 3.05) is 19.5 Å². The number of rotatable bonds is 7. The molecule has 0 aliphatic rings. The fourth-order valence-electron chi connectivity index (χ4n) is 2.32. The van der Waals surface area contributed by atoms with Gasteiger partial charge in [0.2, 0.25) is 5.95 Å². The SMILES string of the molecule is COc1ccc(Nc2ncc(C(=O)NCc3cccnc3)cn2)c(OC)c1. The second kappa shape index (κ2) is 8.61. The van der Waals surface area contributed by atoms with Gasteiger partial charge in [0.05, 0.1) is 25.5 Å². The van der Waals surface area contributed by atoms with Crippen molar-refractivity contribution in [2.45, 2.75) is 6.54 Å². The molecule has 1 amide bonds. The summed E-state index contributed by atoms with van der Waals surface area (Å²) in [5, 5.41) is 5.86. The molecule has 138 valence electrons. The maximum absolute atomic E-state index is 12.2. The summed E-state index contributed by atoms with van der Waals surface area (Å²) >= 11 is 0. The summed E-state index contributed by atoms with van der Waals surface area (Å²) < 4.78 is 10.5. The molecule has 8 nitrogen and oxygen atoms in total. The Hall–Kier alpha value is -3.68. The molecule has 0 aliphatic carbocycles. The lowest BCUT2D eigenvalue weighted by molar-refractivity contribution is 0.0950. The van der Waals surface area contributed by atoms with Crippen molar-refractivity contribution in [3.8, 4) is 11.5 Å². The van der Waals surface area contributed by atoms with E-state index in [2.05, 4.69) is 25.6 Å². The molecule has 27 heavy (non-hydrogen) atoms. The van der Waals surface area contributed by atoms with Crippen LogP contribution in [0, 0.1) is 0 Å². The highest BCUT2D eigenvalue weighted by atomic mass is 16.5. The van der Waals surface area contributed by atoms with Crippen molar-refractivity contribution in [1.82, 2.24) is 20.3 Å². The number of nitrogens with one attached hydrogen (secondary N) is 2.